The van der Waals surface area contributed by atoms with Gasteiger partial charge in [-0.2, -0.15) is 0 Å². The summed E-state index contributed by atoms with van der Waals surface area (Å²) in [6, 6.07) is 7.55. The van der Waals surface area contributed by atoms with Crippen LogP contribution in [0.3, 0.4) is 0 Å². The molecule has 0 radical (unpaired) electrons. The SMILES string of the molecule is CC(Cl)C(=O)Nc1cccc(-c2nccs2)c1. The van der Waals surface area contributed by atoms with Crippen LogP contribution in [0.2, 0.25) is 0 Å². The maximum Gasteiger partial charge on any atom is 0.242 e. The van der Waals surface area contributed by atoms with Crippen LogP contribution in [0.4, 0.5) is 5.69 Å². The van der Waals surface area contributed by atoms with Gasteiger partial charge in [-0.1, -0.05) is 12.1 Å². The Morgan fingerprint density at radius 3 is 3.00 bits per heavy atom. The molecule has 3 nitrogen and oxygen atoms in total. The summed E-state index contributed by atoms with van der Waals surface area (Å²) >= 11 is 7.26. The van der Waals surface area contributed by atoms with Crippen molar-refractivity contribution < 1.29 is 4.79 Å². The molecule has 1 atom stereocenters. The molecule has 1 unspecified atom stereocenters. The maximum absolute atomic E-state index is 11.5. The molecule has 1 heterocycles. The second-order valence-corrected chi connectivity index (χ2v) is 5.07. The number of thiazole rings is 1. The number of aromatic nitrogens is 1. The lowest BCUT2D eigenvalue weighted by molar-refractivity contribution is -0.115. The van der Waals surface area contributed by atoms with Gasteiger partial charge < -0.3 is 5.32 Å². The molecule has 1 N–H and O–H groups in total. The van der Waals surface area contributed by atoms with Gasteiger partial charge in [0.2, 0.25) is 5.91 Å². The summed E-state index contributed by atoms with van der Waals surface area (Å²) in [5.41, 5.74) is 1.72. The number of anilines is 1. The third-order valence-electron chi connectivity index (χ3n) is 2.17. The predicted octanol–water partition coefficient (Wildman–Crippen LogP) is 3.38. The van der Waals surface area contributed by atoms with Gasteiger partial charge in [0, 0.05) is 22.8 Å². The van der Waals surface area contributed by atoms with Crippen molar-refractivity contribution in [3.63, 3.8) is 0 Å². The minimum atomic E-state index is -0.543. The fourth-order valence-corrected chi connectivity index (χ4v) is 2.03. The van der Waals surface area contributed by atoms with Crippen molar-refractivity contribution in [3.05, 3.63) is 35.8 Å². The average molecular weight is 267 g/mol. The Labute approximate surface area is 108 Å². The van der Waals surface area contributed by atoms with Crippen molar-refractivity contribution in [2.24, 2.45) is 0 Å². The van der Waals surface area contributed by atoms with Crippen LogP contribution in [0.1, 0.15) is 6.92 Å². The summed E-state index contributed by atoms with van der Waals surface area (Å²) in [5, 5.41) is 5.06. The van der Waals surface area contributed by atoms with Crippen LogP contribution in [-0.4, -0.2) is 16.3 Å². The molecular weight excluding hydrogens is 256 g/mol. The van der Waals surface area contributed by atoms with Crippen LogP contribution < -0.4 is 5.32 Å². The van der Waals surface area contributed by atoms with Gasteiger partial charge in [0.25, 0.3) is 0 Å². The number of amides is 1. The topological polar surface area (TPSA) is 42.0 Å². The lowest BCUT2D eigenvalue weighted by atomic mass is 10.2. The maximum atomic E-state index is 11.5. The third kappa shape index (κ3) is 3.05. The number of hydrogen-bond acceptors (Lipinski definition) is 3. The van der Waals surface area contributed by atoms with Crippen molar-refractivity contribution in [3.8, 4) is 10.6 Å². The molecule has 1 aromatic carbocycles. The molecule has 0 fully saturated rings. The zero-order valence-electron chi connectivity index (χ0n) is 9.18. The highest BCUT2D eigenvalue weighted by Crippen LogP contribution is 2.24. The van der Waals surface area contributed by atoms with Crippen LogP contribution in [0.25, 0.3) is 10.6 Å². The van der Waals surface area contributed by atoms with E-state index in [9.17, 15) is 4.79 Å². The van der Waals surface area contributed by atoms with Gasteiger partial charge in [-0.05, 0) is 19.1 Å². The van der Waals surface area contributed by atoms with Crippen molar-refractivity contribution in [1.29, 1.82) is 0 Å². The summed E-state index contributed by atoms with van der Waals surface area (Å²) < 4.78 is 0. The Balaban J connectivity index is 2.20. The largest absolute Gasteiger partial charge is 0.325 e. The molecule has 0 bridgehead atoms. The van der Waals surface area contributed by atoms with E-state index in [1.807, 2.05) is 29.6 Å². The normalized spacial score (nSPS) is 12.1. The van der Waals surface area contributed by atoms with Crippen molar-refractivity contribution >= 4 is 34.5 Å². The zero-order valence-corrected chi connectivity index (χ0v) is 10.8. The summed E-state index contributed by atoms with van der Waals surface area (Å²) in [6.07, 6.45) is 1.76. The first kappa shape index (κ1) is 12.1. The Morgan fingerprint density at radius 2 is 2.35 bits per heavy atom. The van der Waals surface area contributed by atoms with Crippen molar-refractivity contribution in [2.75, 3.05) is 5.32 Å². The monoisotopic (exact) mass is 266 g/mol. The fourth-order valence-electron chi connectivity index (χ4n) is 1.34. The van der Waals surface area contributed by atoms with E-state index < -0.39 is 5.38 Å². The van der Waals surface area contributed by atoms with Crippen molar-refractivity contribution in [2.45, 2.75) is 12.3 Å². The predicted molar refractivity (Wildman–Crippen MR) is 71.5 cm³/mol. The van der Waals surface area contributed by atoms with E-state index in [1.54, 1.807) is 24.5 Å². The molecule has 0 saturated heterocycles. The molecule has 0 spiro atoms. The quantitative estimate of drug-likeness (QED) is 0.866. The average Bonchev–Trinajstić information content (AvgIpc) is 2.82. The van der Waals surface area contributed by atoms with Gasteiger partial charge in [0.1, 0.15) is 10.4 Å². The zero-order chi connectivity index (χ0) is 12.3. The lowest BCUT2D eigenvalue weighted by Gasteiger charge is -2.07. The number of halogens is 1. The molecule has 2 rings (SSSR count). The number of benzene rings is 1. The van der Waals surface area contributed by atoms with Crippen molar-refractivity contribution in [1.82, 2.24) is 4.98 Å². The molecule has 0 saturated carbocycles. The van der Waals surface area contributed by atoms with Crippen LogP contribution in [0.15, 0.2) is 35.8 Å². The molecule has 88 valence electrons. The third-order valence-corrected chi connectivity index (χ3v) is 3.19. The number of carbonyl (C=O) groups excluding carboxylic acids is 1. The molecule has 5 heteroatoms. The molecular formula is C12H11ClN2OS. The molecule has 17 heavy (non-hydrogen) atoms. The van der Waals surface area contributed by atoms with Crippen LogP contribution in [-0.2, 0) is 4.79 Å². The summed E-state index contributed by atoms with van der Waals surface area (Å²) in [5.74, 6) is -0.206. The van der Waals surface area contributed by atoms with E-state index in [1.165, 1.54) is 0 Å². The van der Waals surface area contributed by atoms with E-state index in [2.05, 4.69) is 10.3 Å². The van der Waals surface area contributed by atoms with Gasteiger partial charge in [-0.3, -0.25) is 4.79 Å². The first-order chi connectivity index (χ1) is 8.16. The van der Waals surface area contributed by atoms with E-state index in [-0.39, 0.29) is 5.91 Å². The minimum Gasteiger partial charge on any atom is -0.325 e. The summed E-state index contributed by atoms with van der Waals surface area (Å²) in [6.45, 7) is 1.64. The van der Waals surface area contributed by atoms with E-state index in [4.69, 9.17) is 11.6 Å². The summed E-state index contributed by atoms with van der Waals surface area (Å²) in [4.78, 5) is 15.7. The second kappa shape index (κ2) is 5.29. The number of alkyl halides is 1. The molecule has 1 aromatic heterocycles. The van der Waals surface area contributed by atoms with E-state index in [0.717, 1.165) is 16.3 Å². The van der Waals surface area contributed by atoms with Gasteiger partial charge in [-0.15, -0.1) is 22.9 Å². The van der Waals surface area contributed by atoms with E-state index >= 15 is 0 Å². The fraction of sp³-hybridized carbons (Fsp3) is 0.167. The number of carbonyl (C=O) groups is 1. The first-order valence-electron chi connectivity index (χ1n) is 5.11. The minimum absolute atomic E-state index is 0.206. The Bertz CT molecular complexity index is 511. The highest BCUT2D eigenvalue weighted by Gasteiger charge is 2.09. The number of rotatable bonds is 3. The Morgan fingerprint density at radius 1 is 1.53 bits per heavy atom. The molecule has 1 amide bonds. The molecule has 0 aliphatic heterocycles. The molecule has 2 aromatic rings. The van der Waals surface area contributed by atoms with Gasteiger partial charge in [0.15, 0.2) is 0 Å². The van der Waals surface area contributed by atoms with Gasteiger partial charge >= 0.3 is 0 Å². The smallest absolute Gasteiger partial charge is 0.242 e. The second-order valence-electron chi connectivity index (χ2n) is 3.52. The molecule has 0 aliphatic rings. The van der Waals surface area contributed by atoms with Crippen LogP contribution in [0, 0.1) is 0 Å². The van der Waals surface area contributed by atoms with Gasteiger partial charge in [-0.25, -0.2) is 4.98 Å². The van der Waals surface area contributed by atoms with E-state index in [0.29, 0.717) is 0 Å². The number of nitrogens with zero attached hydrogens (tertiary/aromatic N) is 1. The van der Waals surface area contributed by atoms with Crippen LogP contribution in [0.5, 0.6) is 0 Å². The highest BCUT2D eigenvalue weighted by molar-refractivity contribution is 7.13. The van der Waals surface area contributed by atoms with Crippen LogP contribution >= 0.6 is 22.9 Å². The Kier molecular flexibility index (Phi) is 3.76. The lowest BCUT2D eigenvalue weighted by Crippen LogP contribution is -2.20. The Hall–Kier alpha value is -1.39. The number of nitrogens with one attached hydrogen (secondary N) is 1. The molecule has 0 aliphatic carbocycles. The number of hydrogen-bond donors (Lipinski definition) is 1. The summed E-state index contributed by atoms with van der Waals surface area (Å²) in [7, 11) is 0. The first-order valence-corrected chi connectivity index (χ1v) is 6.43. The standard InChI is InChI=1S/C12H11ClN2OS/c1-8(13)11(16)15-10-4-2-3-9(7-10)12-14-5-6-17-12/h2-8H,1H3,(H,15,16). The highest BCUT2D eigenvalue weighted by atomic mass is 35.5. The van der Waals surface area contributed by atoms with Gasteiger partial charge in [0.05, 0.1) is 0 Å².